The Kier molecular flexibility index (Phi) is 2.26. The number of ether oxygens (including phenoxy) is 1. The molecule has 0 aliphatic carbocycles. The number of rotatable bonds is 2. The highest BCUT2D eigenvalue weighted by molar-refractivity contribution is 5.95. The Hall–Kier alpha value is -1.31. The van der Waals surface area contributed by atoms with Crippen molar-refractivity contribution in [3.63, 3.8) is 0 Å². The van der Waals surface area contributed by atoms with Crippen LogP contribution in [-0.2, 0) is 9.53 Å². The van der Waals surface area contributed by atoms with E-state index >= 15 is 0 Å². The number of cyclic esters (lactones) is 1. The fourth-order valence-corrected chi connectivity index (χ4v) is 0.852. The van der Waals surface area contributed by atoms with Gasteiger partial charge in [-0.3, -0.25) is 0 Å². The van der Waals surface area contributed by atoms with Gasteiger partial charge in [0.1, 0.15) is 5.76 Å². The largest absolute Gasteiger partial charge is 0.423 e. The maximum Gasteiger partial charge on any atom is 0.343 e. The van der Waals surface area contributed by atoms with Crippen LogP contribution in [0.3, 0.4) is 0 Å². The molecular formula is C9H10O2. The van der Waals surface area contributed by atoms with E-state index in [2.05, 4.69) is 6.58 Å². The van der Waals surface area contributed by atoms with Gasteiger partial charge in [0.05, 0.1) is 5.57 Å². The Morgan fingerprint density at radius 2 is 2.45 bits per heavy atom. The van der Waals surface area contributed by atoms with E-state index in [9.17, 15) is 4.79 Å². The number of esters is 1. The fourth-order valence-electron chi connectivity index (χ4n) is 0.852. The fraction of sp³-hybridized carbons (Fsp3) is 0.222. The molecule has 2 nitrogen and oxygen atoms in total. The number of allylic oxidation sites excluding steroid dienone is 2. The summed E-state index contributed by atoms with van der Waals surface area (Å²) in [6.45, 7) is 5.48. The second kappa shape index (κ2) is 3.19. The summed E-state index contributed by atoms with van der Waals surface area (Å²) in [6.07, 6.45) is 5.91. The van der Waals surface area contributed by atoms with E-state index in [0.29, 0.717) is 11.3 Å². The normalized spacial score (nSPS) is 19.9. The highest BCUT2D eigenvalue weighted by Crippen LogP contribution is 2.17. The van der Waals surface area contributed by atoms with Gasteiger partial charge in [0.2, 0.25) is 0 Å². The van der Waals surface area contributed by atoms with E-state index in [4.69, 9.17) is 4.74 Å². The maximum absolute atomic E-state index is 10.9. The van der Waals surface area contributed by atoms with Crippen LogP contribution in [0.25, 0.3) is 0 Å². The van der Waals surface area contributed by atoms with Crippen LogP contribution >= 0.6 is 0 Å². The zero-order valence-electron chi connectivity index (χ0n) is 6.46. The smallest absolute Gasteiger partial charge is 0.343 e. The van der Waals surface area contributed by atoms with Crippen molar-refractivity contribution in [2.75, 3.05) is 0 Å². The molecule has 0 spiro atoms. The van der Waals surface area contributed by atoms with Gasteiger partial charge in [-0.25, -0.2) is 4.79 Å². The monoisotopic (exact) mass is 150 g/mol. The third kappa shape index (κ3) is 1.58. The van der Waals surface area contributed by atoms with Gasteiger partial charge in [0.25, 0.3) is 0 Å². The van der Waals surface area contributed by atoms with E-state index < -0.39 is 0 Å². The molecular weight excluding hydrogens is 140 g/mol. The quantitative estimate of drug-likeness (QED) is 0.562. The highest BCUT2D eigenvalue weighted by Gasteiger charge is 2.17. The van der Waals surface area contributed by atoms with E-state index in [1.807, 2.05) is 13.0 Å². The van der Waals surface area contributed by atoms with E-state index in [0.717, 1.165) is 6.42 Å². The first-order chi connectivity index (χ1) is 5.27. The lowest BCUT2D eigenvalue weighted by Crippen LogP contribution is -1.95. The minimum atomic E-state index is -0.306. The Bertz CT molecular complexity index is 246. The summed E-state index contributed by atoms with van der Waals surface area (Å²) in [6, 6.07) is 0. The SMILES string of the molecule is C=CC1=C/C(=C\CC)OC1=O. The molecule has 2 heteroatoms. The van der Waals surface area contributed by atoms with Crippen LogP contribution in [0.5, 0.6) is 0 Å². The first kappa shape index (κ1) is 7.79. The summed E-state index contributed by atoms with van der Waals surface area (Å²) in [5.41, 5.74) is 0.532. The molecule has 0 aromatic rings. The number of hydrogen-bond acceptors (Lipinski definition) is 2. The number of carbonyl (C=O) groups is 1. The van der Waals surface area contributed by atoms with Crippen LogP contribution in [0.2, 0.25) is 0 Å². The van der Waals surface area contributed by atoms with E-state index in [1.54, 1.807) is 6.08 Å². The van der Waals surface area contributed by atoms with Crippen molar-refractivity contribution < 1.29 is 9.53 Å². The second-order valence-corrected chi connectivity index (χ2v) is 2.21. The summed E-state index contributed by atoms with van der Waals surface area (Å²) in [7, 11) is 0. The van der Waals surface area contributed by atoms with Crippen LogP contribution in [0, 0.1) is 0 Å². The van der Waals surface area contributed by atoms with Gasteiger partial charge in [-0.05, 0) is 18.6 Å². The second-order valence-electron chi connectivity index (χ2n) is 2.21. The molecule has 1 heterocycles. The highest BCUT2D eigenvalue weighted by atomic mass is 16.5. The van der Waals surface area contributed by atoms with Crippen LogP contribution in [0.4, 0.5) is 0 Å². The standard InChI is InChI=1S/C9H10O2/c1-3-5-8-6-7(4-2)9(10)11-8/h4-6H,2-3H2,1H3/b8-5+. The zero-order chi connectivity index (χ0) is 8.27. The molecule has 0 saturated carbocycles. The van der Waals surface area contributed by atoms with Crippen molar-refractivity contribution in [2.45, 2.75) is 13.3 Å². The predicted octanol–water partition coefficient (Wildman–Crippen LogP) is 1.95. The average Bonchev–Trinajstić information content (AvgIpc) is 2.32. The minimum absolute atomic E-state index is 0.306. The van der Waals surface area contributed by atoms with Crippen molar-refractivity contribution >= 4 is 5.97 Å². The van der Waals surface area contributed by atoms with Gasteiger partial charge in [0.15, 0.2) is 0 Å². The van der Waals surface area contributed by atoms with Gasteiger partial charge in [-0.15, -0.1) is 0 Å². The Morgan fingerprint density at radius 3 is 2.91 bits per heavy atom. The van der Waals surface area contributed by atoms with Crippen LogP contribution in [0.15, 0.2) is 36.1 Å². The maximum atomic E-state index is 10.9. The topological polar surface area (TPSA) is 26.3 Å². The molecule has 0 unspecified atom stereocenters. The summed E-state index contributed by atoms with van der Waals surface area (Å²) >= 11 is 0. The Morgan fingerprint density at radius 1 is 1.73 bits per heavy atom. The lowest BCUT2D eigenvalue weighted by atomic mass is 10.2. The van der Waals surface area contributed by atoms with Crippen molar-refractivity contribution in [3.8, 4) is 0 Å². The summed E-state index contributed by atoms with van der Waals surface area (Å²) in [5, 5.41) is 0. The van der Waals surface area contributed by atoms with Gasteiger partial charge in [-0.1, -0.05) is 19.6 Å². The molecule has 0 saturated heterocycles. The average molecular weight is 150 g/mol. The molecule has 1 rings (SSSR count). The lowest BCUT2D eigenvalue weighted by Gasteiger charge is -1.92. The summed E-state index contributed by atoms with van der Waals surface area (Å²) in [4.78, 5) is 10.9. The Labute approximate surface area is 65.9 Å². The van der Waals surface area contributed by atoms with E-state index in [-0.39, 0.29) is 5.97 Å². The first-order valence-electron chi connectivity index (χ1n) is 3.54. The molecule has 0 radical (unpaired) electrons. The molecule has 0 aromatic heterocycles. The van der Waals surface area contributed by atoms with Crippen molar-refractivity contribution in [3.05, 3.63) is 36.1 Å². The summed E-state index contributed by atoms with van der Waals surface area (Å²) in [5.74, 6) is 0.326. The van der Waals surface area contributed by atoms with Gasteiger partial charge < -0.3 is 4.74 Å². The molecule has 11 heavy (non-hydrogen) atoms. The minimum Gasteiger partial charge on any atom is -0.423 e. The summed E-state index contributed by atoms with van der Waals surface area (Å²) < 4.78 is 4.86. The molecule has 1 aliphatic heterocycles. The van der Waals surface area contributed by atoms with Gasteiger partial charge in [0, 0.05) is 0 Å². The molecule has 0 N–H and O–H groups in total. The van der Waals surface area contributed by atoms with Crippen LogP contribution in [0.1, 0.15) is 13.3 Å². The number of carbonyl (C=O) groups excluding carboxylic acids is 1. The molecule has 0 bridgehead atoms. The van der Waals surface area contributed by atoms with Gasteiger partial charge >= 0.3 is 5.97 Å². The molecule has 58 valence electrons. The first-order valence-corrected chi connectivity index (χ1v) is 3.54. The van der Waals surface area contributed by atoms with Crippen molar-refractivity contribution in [2.24, 2.45) is 0 Å². The van der Waals surface area contributed by atoms with Gasteiger partial charge in [-0.2, -0.15) is 0 Å². The Balaban J connectivity index is 2.82. The molecule has 0 fully saturated rings. The third-order valence-electron chi connectivity index (χ3n) is 1.37. The van der Waals surface area contributed by atoms with E-state index in [1.165, 1.54) is 6.08 Å². The van der Waals surface area contributed by atoms with Crippen LogP contribution in [-0.4, -0.2) is 5.97 Å². The predicted molar refractivity (Wildman–Crippen MR) is 42.7 cm³/mol. The van der Waals surface area contributed by atoms with Crippen molar-refractivity contribution in [1.82, 2.24) is 0 Å². The lowest BCUT2D eigenvalue weighted by molar-refractivity contribution is -0.132. The molecule has 0 amide bonds. The zero-order valence-corrected chi connectivity index (χ0v) is 6.46. The number of hydrogen-bond donors (Lipinski definition) is 0. The van der Waals surface area contributed by atoms with Crippen LogP contribution < -0.4 is 0 Å². The molecule has 1 aliphatic rings. The molecule has 0 atom stereocenters. The van der Waals surface area contributed by atoms with Crippen molar-refractivity contribution in [1.29, 1.82) is 0 Å². The third-order valence-corrected chi connectivity index (χ3v) is 1.37. The molecule has 0 aromatic carbocycles.